The van der Waals surface area contributed by atoms with Gasteiger partial charge in [0, 0.05) is 5.56 Å². The molecule has 0 fully saturated rings. The summed E-state index contributed by atoms with van der Waals surface area (Å²) >= 11 is 0. The lowest BCUT2D eigenvalue weighted by Crippen LogP contribution is -2.09. The van der Waals surface area contributed by atoms with Crippen LogP contribution in [0, 0.1) is 20.8 Å². The summed E-state index contributed by atoms with van der Waals surface area (Å²) in [5, 5.41) is 8.11. The van der Waals surface area contributed by atoms with Gasteiger partial charge in [-0.25, -0.2) is 14.5 Å². The van der Waals surface area contributed by atoms with Gasteiger partial charge in [-0.1, -0.05) is 22.9 Å². The Labute approximate surface area is 185 Å². The quantitative estimate of drug-likeness (QED) is 0.394. The SMILES string of the molecule is CCOc1ccc(-n2nnc(C(=O)OCc3nc(-c4ccc(C)cc4)oc3C)c2C)cc1. The Bertz CT molecular complexity index is 1220. The maximum absolute atomic E-state index is 12.6. The van der Waals surface area contributed by atoms with Crippen molar-refractivity contribution < 1.29 is 18.7 Å². The first-order chi connectivity index (χ1) is 15.5. The highest BCUT2D eigenvalue weighted by molar-refractivity contribution is 5.88. The average molecular weight is 432 g/mol. The molecule has 0 spiro atoms. The van der Waals surface area contributed by atoms with Gasteiger partial charge in [-0.3, -0.25) is 0 Å². The average Bonchev–Trinajstić information content (AvgIpc) is 3.36. The topological polar surface area (TPSA) is 92.3 Å². The molecule has 0 unspecified atom stereocenters. The third kappa shape index (κ3) is 4.39. The molecule has 4 aromatic rings. The number of oxazole rings is 1. The van der Waals surface area contributed by atoms with Crippen LogP contribution < -0.4 is 4.74 Å². The zero-order valence-electron chi connectivity index (χ0n) is 18.5. The molecule has 0 bridgehead atoms. The molecule has 164 valence electrons. The van der Waals surface area contributed by atoms with Crippen LogP contribution in [0.4, 0.5) is 0 Å². The largest absolute Gasteiger partial charge is 0.494 e. The van der Waals surface area contributed by atoms with E-state index in [1.54, 1.807) is 18.5 Å². The fraction of sp³-hybridized carbons (Fsp3) is 0.250. The highest BCUT2D eigenvalue weighted by atomic mass is 16.5. The third-order valence-corrected chi connectivity index (χ3v) is 5.01. The monoisotopic (exact) mass is 432 g/mol. The van der Waals surface area contributed by atoms with Gasteiger partial charge in [0.05, 0.1) is 18.0 Å². The van der Waals surface area contributed by atoms with Crippen molar-refractivity contribution in [2.45, 2.75) is 34.3 Å². The number of aryl methyl sites for hydroxylation is 2. The van der Waals surface area contributed by atoms with Gasteiger partial charge >= 0.3 is 5.97 Å². The molecule has 0 amide bonds. The van der Waals surface area contributed by atoms with Crippen molar-refractivity contribution in [2.75, 3.05) is 6.61 Å². The molecule has 32 heavy (non-hydrogen) atoms. The number of aromatic nitrogens is 4. The first kappa shape index (κ1) is 21.3. The van der Waals surface area contributed by atoms with Crippen LogP contribution in [0.25, 0.3) is 17.1 Å². The van der Waals surface area contributed by atoms with Gasteiger partial charge < -0.3 is 13.9 Å². The van der Waals surface area contributed by atoms with E-state index in [1.807, 2.05) is 62.4 Å². The Morgan fingerprint density at radius 1 is 1.03 bits per heavy atom. The second-order valence-corrected chi connectivity index (χ2v) is 7.33. The summed E-state index contributed by atoms with van der Waals surface area (Å²) in [5.41, 5.74) is 4.08. The summed E-state index contributed by atoms with van der Waals surface area (Å²) in [5.74, 6) is 1.29. The lowest BCUT2D eigenvalue weighted by molar-refractivity contribution is 0.0459. The van der Waals surface area contributed by atoms with Crippen molar-refractivity contribution in [2.24, 2.45) is 0 Å². The molecule has 0 aliphatic rings. The Morgan fingerprint density at radius 3 is 2.44 bits per heavy atom. The van der Waals surface area contributed by atoms with E-state index < -0.39 is 5.97 Å². The van der Waals surface area contributed by atoms with E-state index in [4.69, 9.17) is 13.9 Å². The van der Waals surface area contributed by atoms with E-state index in [-0.39, 0.29) is 12.3 Å². The second kappa shape index (κ2) is 9.05. The predicted molar refractivity (Wildman–Crippen MR) is 118 cm³/mol. The number of hydrogen-bond acceptors (Lipinski definition) is 7. The lowest BCUT2D eigenvalue weighted by Gasteiger charge is -2.06. The van der Waals surface area contributed by atoms with Crippen LogP contribution in [0.3, 0.4) is 0 Å². The minimum Gasteiger partial charge on any atom is -0.494 e. The molecule has 2 aromatic heterocycles. The first-order valence-electron chi connectivity index (χ1n) is 10.3. The number of esters is 1. The van der Waals surface area contributed by atoms with E-state index in [1.165, 1.54) is 0 Å². The van der Waals surface area contributed by atoms with E-state index in [0.29, 0.717) is 29.6 Å². The lowest BCUT2D eigenvalue weighted by atomic mass is 10.1. The van der Waals surface area contributed by atoms with Gasteiger partial charge in [0.2, 0.25) is 5.89 Å². The van der Waals surface area contributed by atoms with Gasteiger partial charge in [-0.2, -0.15) is 0 Å². The van der Waals surface area contributed by atoms with Gasteiger partial charge in [0.25, 0.3) is 0 Å². The van der Waals surface area contributed by atoms with Crippen LogP contribution in [-0.4, -0.2) is 32.6 Å². The second-order valence-electron chi connectivity index (χ2n) is 7.33. The van der Waals surface area contributed by atoms with Crippen molar-refractivity contribution in [3.05, 3.63) is 76.9 Å². The summed E-state index contributed by atoms with van der Waals surface area (Å²) in [6.07, 6.45) is 0. The molecule has 0 N–H and O–H groups in total. The smallest absolute Gasteiger partial charge is 0.361 e. The zero-order chi connectivity index (χ0) is 22.7. The number of hydrogen-bond donors (Lipinski definition) is 0. The fourth-order valence-corrected chi connectivity index (χ4v) is 3.20. The first-order valence-corrected chi connectivity index (χ1v) is 10.3. The summed E-state index contributed by atoms with van der Waals surface area (Å²) in [6, 6.07) is 15.3. The summed E-state index contributed by atoms with van der Waals surface area (Å²) < 4.78 is 18.2. The van der Waals surface area contributed by atoms with Gasteiger partial charge in [0.15, 0.2) is 5.69 Å². The zero-order valence-corrected chi connectivity index (χ0v) is 18.5. The van der Waals surface area contributed by atoms with Crippen LogP contribution in [-0.2, 0) is 11.3 Å². The Kier molecular flexibility index (Phi) is 6.02. The third-order valence-electron chi connectivity index (χ3n) is 5.01. The molecule has 0 aliphatic carbocycles. The molecule has 4 rings (SSSR count). The highest BCUT2D eigenvalue weighted by Crippen LogP contribution is 2.23. The fourth-order valence-electron chi connectivity index (χ4n) is 3.20. The van der Waals surface area contributed by atoms with Gasteiger partial charge in [0.1, 0.15) is 23.8 Å². The molecule has 0 atom stereocenters. The number of benzene rings is 2. The standard InChI is InChI=1S/C24H24N4O4/c1-5-30-20-12-10-19(11-13-20)28-16(3)22(26-27-28)24(29)31-14-21-17(4)32-23(25-21)18-8-6-15(2)7-9-18/h6-13H,5,14H2,1-4H3. The Morgan fingerprint density at radius 2 is 1.75 bits per heavy atom. The highest BCUT2D eigenvalue weighted by Gasteiger charge is 2.20. The van der Waals surface area contributed by atoms with Gasteiger partial charge in [-0.05, 0) is 64.1 Å². The number of carbonyl (C=O) groups is 1. The van der Waals surface area contributed by atoms with E-state index >= 15 is 0 Å². The van der Waals surface area contributed by atoms with Crippen molar-refractivity contribution in [1.29, 1.82) is 0 Å². The molecule has 0 saturated carbocycles. The number of carbonyl (C=O) groups excluding carboxylic acids is 1. The summed E-state index contributed by atoms with van der Waals surface area (Å²) in [6.45, 7) is 8.08. The molecular weight excluding hydrogens is 408 g/mol. The van der Waals surface area contributed by atoms with Crippen LogP contribution in [0.15, 0.2) is 52.9 Å². The normalized spacial score (nSPS) is 10.9. The molecule has 8 heteroatoms. The minimum absolute atomic E-state index is 0.0185. The van der Waals surface area contributed by atoms with Crippen molar-refractivity contribution in [1.82, 2.24) is 20.0 Å². The molecule has 0 radical (unpaired) electrons. The molecule has 0 saturated heterocycles. The molecular formula is C24H24N4O4. The van der Waals surface area contributed by atoms with Crippen LogP contribution in [0.2, 0.25) is 0 Å². The predicted octanol–water partition coefficient (Wildman–Crippen LogP) is 4.60. The summed E-state index contributed by atoms with van der Waals surface area (Å²) in [7, 11) is 0. The van der Waals surface area contributed by atoms with E-state index in [2.05, 4.69) is 15.3 Å². The summed E-state index contributed by atoms with van der Waals surface area (Å²) in [4.78, 5) is 17.1. The van der Waals surface area contributed by atoms with Crippen molar-refractivity contribution in [3.8, 4) is 22.9 Å². The van der Waals surface area contributed by atoms with Crippen molar-refractivity contribution >= 4 is 5.97 Å². The maximum atomic E-state index is 12.6. The Hall–Kier alpha value is -3.94. The molecule has 8 nitrogen and oxygen atoms in total. The number of nitrogens with zero attached hydrogens (tertiary/aromatic N) is 4. The minimum atomic E-state index is -0.570. The number of rotatable bonds is 7. The molecule has 2 aromatic carbocycles. The van der Waals surface area contributed by atoms with E-state index in [9.17, 15) is 4.79 Å². The van der Waals surface area contributed by atoms with E-state index in [0.717, 1.165) is 22.6 Å². The van der Waals surface area contributed by atoms with Crippen LogP contribution in [0.1, 0.15) is 40.1 Å². The van der Waals surface area contributed by atoms with Crippen molar-refractivity contribution in [3.63, 3.8) is 0 Å². The van der Waals surface area contributed by atoms with Crippen LogP contribution >= 0.6 is 0 Å². The Balaban J connectivity index is 1.45. The molecule has 0 aliphatic heterocycles. The number of ether oxygens (including phenoxy) is 2. The van der Waals surface area contributed by atoms with Crippen LogP contribution in [0.5, 0.6) is 5.75 Å². The molecule has 2 heterocycles. The maximum Gasteiger partial charge on any atom is 0.361 e. The van der Waals surface area contributed by atoms with Gasteiger partial charge in [-0.15, -0.1) is 5.10 Å².